The van der Waals surface area contributed by atoms with E-state index in [1.165, 1.54) is 28.3 Å². The first kappa shape index (κ1) is 23.0. The number of rotatable bonds is 11. The van der Waals surface area contributed by atoms with Gasteiger partial charge in [-0.1, -0.05) is 18.2 Å². The molecule has 30 heavy (non-hydrogen) atoms. The van der Waals surface area contributed by atoms with Crippen molar-refractivity contribution in [2.24, 2.45) is 0 Å². The van der Waals surface area contributed by atoms with Gasteiger partial charge in [-0.25, -0.2) is 0 Å². The summed E-state index contributed by atoms with van der Waals surface area (Å²) in [6.07, 6.45) is -0.0175. The lowest BCUT2D eigenvalue weighted by Gasteiger charge is -2.24. The Morgan fingerprint density at radius 2 is 1.37 bits per heavy atom. The van der Waals surface area contributed by atoms with Crippen molar-refractivity contribution in [1.82, 2.24) is 0 Å². The van der Waals surface area contributed by atoms with E-state index in [0.29, 0.717) is 34.1 Å². The van der Waals surface area contributed by atoms with Gasteiger partial charge in [0.2, 0.25) is 0 Å². The van der Waals surface area contributed by atoms with Crippen LogP contribution in [0.15, 0.2) is 49.1 Å². The van der Waals surface area contributed by atoms with Crippen molar-refractivity contribution >= 4 is 0 Å². The topological polar surface area (TPSA) is 89.3 Å². The zero-order chi connectivity index (χ0) is 22.3. The lowest BCUT2D eigenvalue weighted by molar-refractivity contribution is -0.478. The molecule has 1 radical (unpaired) electrons. The van der Waals surface area contributed by atoms with Gasteiger partial charge in [-0.05, 0) is 35.4 Å². The average Bonchev–Trinajstić information content (AvgIpc) is 2.78. The molecule has 2 unspecified atom stereocenters. The van der Waals surface area contributed by atoms with Crippen LogP contribution in [0, 0.1) is 16.2 Å². The third-order valence-electron chi connectivity index (χ3n) is 4.61. The number of nitro groups is 1. The van der Waals surface area contributed by atoms with Crippen molar-refractivity contribution in [2.75, 3.05) is 28.4 Å². The van der Waals surface area contributed by atoms with E-state index in [1.54, 1.807) is 49.6 Å². The van der Waals surface area contributed by atoms with Crippen molar-refractivity contribution in [3.8, 4) is 23.0 Å². The quantitative estimate of drug-likeness (QED) is 0.302. The van der Waals surface area contributed by atoms with Gasteiger partial charge in [-0.15, -0.1) is 6.58 Å². The molecule has 0 amide bonds. The summed E-state index contributed by atoms with van der Waals surface area (Å²) < 4.78 is 27.3. The Hall–Kier alpha value is -3.26. The van der Waals surface area contributed by atoms with Gasteiger partial charge in [0.1, 0.15) is 6.10 Å². The van der Waals surface area contributed by atoms with Crippen LogP contribution in [0.5, 0.6) is 23.0 Å². The first-order valence-electron chi connectivity index (χ1n) is 9.09. The van der Waals surface area contributed by atoms with Gasteiger partial charge in [0, 0.05) is 11.8 Å². The monoisotopic (exact) mass is 416 g/mol. The van der Waals surface area contributed by atoms with Crippen LogP contribution in [0.4, 0.5) is 0 Å². The average molecular weight is 416 g/mol. The minimum atomic E-state index is -0.948. The molecule has 0 aromatic heterocycles. The summed E-state index contributed by atoms with van der Waals surface area (Å²) in [4.78, 5) is 11.1. The third kappa shape index (κ3) is 5.01. The van der Waals surface area contributed by atoms with E-state index >= 15 is 0 Å². The highest BCUT2D eigenvalue weighted by atomic mass is 16.6. The zero-order valence-electron chi connectivity index (χ0n) is 17.7. The maximum Gasteiger partial charge on any atom is 0.320 e. The van der Waals surface area contributed by atoms with Gasteiger partial charge < -0.3 is 23.7 Å². The van der Waals surface area contributed by atoms with E-state index in [0.717, 1.165) is 0 Å². The largest absolute Gasteiger partial charge is 0.493 e. The highest BCUT2D eigenvalue weighted by Crippen LogP contribution is 2.39. The Bertz CT molecular complexity index is 884. The summed E-state index contributed by atoms with van der Waals surface area (Å²) in [7, 11) is 6.09. The molecule has 0 N–H and O–H groups in total. The number of hydrogen-bond donors (Lipinski definition) is 0. The summed E-state index contributed by atoms with van der Waals surface area (Å²) in [5.41, 5.74) is 1.26. The Morgan fingerprint density at radius 3 is 1.80 bits per heavy atom. The molecule has 0 saturated carbocycles. The van der Waals surface area contributed by atoms with Gasteiger partial charge in [0.05, 0.1) is 28.4 Å². The standard InChI is InChI=1S/C22H26NO7/c1-7-17(15-8-10-18(26-3)20(12-15)28-5)30-22(14(2)23(24)25)16-9-11-19(27-4)21(13-16)29-6/h7-13,17,22H,1H2,2-6H3. The lowest BCUT2D eigenvalue weighted by Crippen LogP contribution is -2.21. The van der Waals surface area contributed by atoms with Gasteiger partial charge >= 0.3 is 6.04 Å². The fraction of sp³-hybridized carbons (Fsp3) is 0.318. The SMILES string of the molecule is C=CC(OC([C](C)[N+](=O)[O-])c1ccc(OC)c(OC)c1)c1ccc(OC)c(OC)c1. The second-order valence-electron chi connectivity index (χ2n) is 6.30. The normalized spacial score (nSPS) is 12.7. The highest BCUT2D eigenvalue weighted by molar-refractivity contribution is 5.45. The second-order valence-corrected chi connectivity index (χ2v) is 6.30. The summed E-state index contributed by atoms with van der Waals surface area (Å²) in [6, 6.07) is 10.2. The third-order valence-corrected chi connectivity index (χ3v) is 4.61. The van der Waals surface area contributed by atoms with E-state index in [2.05, 4.69) is 6.58 Å². The molecule has 8 heteroatoms. The van der Waals surface area contributed by atoms with E-state index in [1.807, 2.05) is 0 Å². The molecule has 0 saturated heterocycles. The minimum absolute atomic E-state index is 0.0745. The van der Waals surface area contributed by atoms with E-state index < -0.39 is 17.1 Å². The molecule has 0 aliphatic rings. The fourth-order valence-electron chi connectivity index (χ4n) is 2.98. The summed E-state index contributed by atoms with van der Waals surface area (Å²) in [5, 5.41) is 11.6. The molecule has 2 aromatic carbocycles. The Kier molecular flexibility index (Phi) is 8.06. The predicted molar refractivity (Wildman–Crippen MR) is 112 cm³/mol. The number of benzene rings is 2. The Balaban J connectivity index is 2.45. The van der Waals surface area contributed by atoms with Crippen molar-refractivity contribution in [2.45, 2.75) is 19.1 Å². The molecule has 0 fully saturated rings. The number of hydrogen-bond acceptors (Lipinski definition) is 7. The minimum Gasteiger partial charge on any atom is -0.493 e. The van der Waals surface area contributed by atoms with Gasteiger partial charge in [0.25, 0.3) is 0 Å². The molecule has 0 heterocycles. The van der Waals surface area contributed by atoms with Gasteiger partial charge in [-0.3, -0.25) is 10.1 Å². The summed E-state index contributed by atoms with van der Waals surface area (Å²) in [6.45, 7) is 5.24. The van der Waals surface area contributed by atoms with Gasteiger partial charge in [-0.2, -0.15) is 0 Å². The van der Waals surface area contributed by atoms with E-state index in [9.17, 15) is 10.1 Å². The van der Waals surface area contributed by atoms with Crippen LogP contribution in [-0.2, 0) is 4.74 Å². The molecule has 2 rings (SSSR count). The van der Waals surface area contributed by atoms with Crippen molar-refractivity contribution in [1.29, 1.82) is 0 Å². The molecule has 161 valence electrons. The summed E-state index contributed by atoms with van der Waals surface area (Å²) in [5.74, 6) is 2.04. The van der Waals surface area contributed by atoms with E-state index in [4.69, 9.17) is 23.7 Å². The molecule has 0 bridgehead atoms. The maximum atomic E-state index is 11.6. The lowest BCUT2D eigenvalue weighted by atomic mass is 10.0. The van der Waals surface area contributed by atoms with Crippen LogP contribution in [0.1, 0.15) is 30.3 Å². The molecular weight excluding hydrogens is 390 g/mol. The first-order valence-corrected chi connectivity index (χ1v) is 9.09. The Labute approximate surface area is 176 Å². The highest BCUT2D eigenvalue weighted by Gasteiger charge is 2.34. The zero-order valence-corrected chi connectivity index (χ0v) is 17.7. The molecule has 2 atom stereocenters. The van der Waals surface area contributed by atoms with Crippen molar-refractivity contribution in [3.63, 3.8) is 0 Å². The van der Waals surface area contributed by atoms with Crippen molar-refractivity contribution < 1.29 is 28.6 Å². The first-order chi connectivity index (χ1) is 14.4. The van der Waals surface area contributed by atoms with Gasteiger partial charge in [0.15, 0.2) is 29.1 Å². The second kappa shape index (κ2) is 10.5. The van der Waals surface area contributed by atoms with E-state index in [-0.39, 0.29) is 6.04 Å². The van der Waals surface area contributed by atoms with Crippen LogP contribution in [0.25, 0.3) is 0 Å². The molecule has 0 aliphatic carbocycles. The number of nitrogens with zero attached hydrogens (tertiary/aromatic N) is 1. The van der Waals surface area contributed by atoms with Crippen LogP contribution >= 0.6 is 0 Å². The van der Waals surface area contributed by atoms with Crippen LogP contribution < -0.4 is 18.9 Å². The predicted octanol–water partition coefficient (Wildman–Crippen LogP) is 4.53. The Morgan fingerprint density at radius 1 is 0.900 bits per heavy atom. The smallest absolute Gasteiger partial charge is 0.320 e. The number of methoxy groups -OCH3 is 4. The molecule has 8 nitrogen and oxygen atoms in total. The molecule has 0 spiro atoms. The van der Waals surface area contributed by atoms with Crippen molar-refractivity contribution in [3.05, 3.63) is 76.3 Å². The molecular formula is C22H26NO7. The van der Waals surface area contributed by atoms with Crippen LogP contribution in [0.2, 0.25) is 0 Å². The van der Waals surface area contributed by atoms with Crippen LogP contribution in [-0.4, -0.2) is 33.4 Å². The number of ether oxygens (including phenoxy) is 5. The van der Waals surface area contributed by atoms with Crippen LogP contribution in [0.3, 0.4) is 0 Å². The fourth-order valence-corrected chi connectivity index (χ4v) is 2.98. The maximum absolute atomic E-state index is 11.6. The molecule has 0 aliphatic heterocycles. The molecule has 2 aromatic rings. The summed E-state index contributed by atoms with van der Waals surface area (Å²) >= 11 is 0.